The van der Waals surface area contributed by atoms with Gasteiger partial charge in [-0.05, 0) is 0 Å². The molecule has 0 radical (unpaired) electrons. The second-order valence-corrected chi connectivity index (χ2v) is 4.27. The molecule has 1 aromatic heterocycles. The number of halogens is 1. The molecule has 0 unspecified atom stereocenters. The van der Waals surface area contributed by atoms with Crippen LogP contribution in [0.5, 0.6) is 0 Å². The predicted molar refractivity (Wildman–Crippen MR) is 78.9 cm³/mol. The van der Waals surface area contributed by atoms with Crippen LogP contribution in [-0.2, 0) is 32.7 Å². The summed E-state index contributed by atoms with van der Waals surface area (Å²) in [6, 6.07) is 5.47. The predicted octanol–water partition coefficient (Wildman–Crippen LogP) is 4.23. The van der Waals surface area contributed by atoms with Crippen molar-refractivity contribution in [3.05, 3.63) is 95.9 Å². The molecule has 0 atom stereocenters. The van der Waals surface area contributed by atoms with Gasteiger partial charge in [-0.3, -0.25) is 0 Å². The van der Waals surface area contributed by atoms with Gasteiger partial charge in [0, 0.05) is 0 Å². The summed E-state index contributed by atoms with van der Waals surface area (Å²) in [5.41, 5.74) is 3.33. The summed E-state index contributed by atoms with van der Waals surface area (Å²) >= 11 is 5.95. The second kappa shape index (κ2) is 8.31. The van der Waals surface area contributed by atoms with E-state index in [1.54, 1.807) is 12.1 Å². The van der Waals surface area contributed by atoms with Crippen molar-refractivity contribution in [1.29, 1.82) is 0 Å². The summed E-state index contributed by atoms with van der Waals surface area (Å²) in [7, 11) is 0. The van der Waals surface area contributed by atoms with Crippen LogP contribution >= 0.6 is 11.6 Å². The third-order valence-corrected chi connectivity index (χ3v) is 2.65. The SMILES string of the molecule is C=C1[C-]=C(c2ccc[c-]n2)C(Cl)=C1.C=C1[C-]=CC=C1.[Y+3]. The van der Waals surface area contributed by atoms with E-state index in [0.717, 1.165) is 22.4 Å². The number of hydrogen-bond donors (Lipinski definition) is 0. The molecule has 2 aliphatic rings. The monoisotopic (exact) mass is 353 g/mol. The van der Waals surface area contributed by atoms with Crippen LogP contribution < -0.4 is 0 Å². The molecule has 0 N–H and O–H groups in total. The van der Waals surface area contributed by atoms with Crippen LogP contribution in [0.3, 0.4) is 0 Å². The maximum absolute atomic E-state index is 5.95. The van der Waals surface area contributed by atoms with Gasteiger partial charge in [0.1, 0.15) is 0 Å². The van der Waals surface area contributed by atoms with E-state index in [9.17, 15) is 0 Å². The molecular formula is C17H11ClNY. The largest absolute Gasteiger partial charge is 3.00 e. The first kappa shape index (κ1) is 17.0. The molecule has 0 aliphatic heterocycles. The Hall–Kier alpha value is -1.02. The molecule has 0 spiro atoms. The summed E-state index contributed by atoms with van der Waals surface area (Å²) in [6.07, 6.45) is 16.1. The summed E-state index contributed by atoms with van der Waals surface area (Å²) < 4.78 is 0. The maximum Gasteiger partial charge on any atom is 3.00 e. The van der Waals surface area contributed by atoms with Crippen molar-refractivity contribution >= 4 is 17.2 Å². The van der Waals surface area contributed by atoms with Crippen LogP contribution in [0.15, 0.2) is 71.8 Å². The van der Waals surface area contributed by atoms with Crippen LogP contribution in [0.4, 0.5) is 0 Å². The minimum absolute atomic E-state index is 0. The van der Waals surface area contributed by atoms with E-state index in [1.165, 1.54) is 0 Å². The fourth-order valence-corrected chi connectivity index (χ4v) is 1.78. The third kappa shape index (κ3) is 4.83. The molecule has 0 bridgehead atoms. The Bertz CT molecular complexity index is 608. The van der Waals surface area contributed by atoms with Crippen LogP contribution in [0.25, 0.3) is 5.57 Å². The molecule has 1 aromatic rings. The normalized spacial score (nSPS) is 15.2. The van der Waals surface area contributed by atoms with Gasteiger partial charge in [0.15, 0.2) is 0 Å². The van der Waals surface area contributed by atoms with E-state index < -0.39 is 0 Å². The maximum atomic E-state index is 5.95. The molecule has 3 rings (SSSR count). The Morgan fingerprint density at radius 1 is 1.20 bits per heavy atom. The molecule has 94 valence electrons. The molecular weight excluding hydrogens is 343 g/mol. The fraction of sp³-hybridized carbons (Fsp3) is 0. The van der Waals surface area contributed by atoms with E-state index in [1.807, 2.05) is 30.4 Å². The molecule has 1 nitrogen and oxygen atoms in total. The first-order valence-corrected chi connectivity index (χ1v) is 6.04. The van der Waals surface area contributed by atoms with E-state index in [2.05, 4.69) is 36.5 Å². The zero-order chi connectivity index (χ0) is 13.7. The minimum atomic E-state index is 0. The van der Waals surface area contributed by atoms with Crippen molar-refractivity contribution in [2.24, 2.45) is 0 Å². The third-order valence-electron chi connectivity index (χ3n) is 2.35. The summed E-state index contributed by atoms with van der Waals surface area (Å²) in [5.74, 6) is 0. The second-order valence-electron chi connectivity index (χ2n) is 3.86. The topological polar surface area (TPSA) is 12.9 Å². The standard InChI is InChI=1S/C11H6ClN.C6H5.Y/c1-8-6-9(10(12)7-8)11-4-2-3-5-13-11;1-6-4-2-3-5-6;/h2-4,7H,1H2;2-4H,1H2;/q-2;-1;+3. The zero-order valence-corrected chi connectivity index (χ0v) is 14.5. The van der Waals surface area contributed by atoms with Gasteiger partial charge >= 0.3 is 32.7 Å². The van der Waals surface area contributed by atoms with Crippen molar-refractivity contribution in [2.45, 2.75) is 0 Å². The molecule has 20 heavy (non-hydrogen) atoms. The average Bonchev–Trinajstić information content (AvgIpc) is 3.00. The van der Waals surface area contributed by atoms with Gasteiger partial charge in [0.05, 0.1) is 0 Å². The van der Waals surface area contributed by atoms with Crippen molar-refractivity contribution in [3.8, 4) is 0 Å². The van der Waals surface area contributed by atoms with Gasteiger partial charge in [-0.1, -0.05) is 16.9 Å². The molecule has 0 fully saturated rings. The van der Waals surface area contributed by atoms with Crippen LogP contribution in [-0.4, -0.2) is 4.98 Å². The summed E-state index contributed by atoms with van der Waals surface area (Å²) in [4.78, 5) is 4.05. The number of allylic oxidation sites excluding steroid dienone is 10. The Morgan fingerprint density at radius 3 is 2.40 bits per heavy atom. The number of pyridine rings is 1. The zero-order valence-electron chi connectivity index (χ0n) is 10.9. The van der Waals surface area contributed by atoms with E-state index >= 15 is 0 Å². The Balaban J connectivity index is 0.000000243. The van der Waals surface area contributed by atoms with Gasteiger partial charge < -0.3 is 4.98 Å². The van der Waals surface area contributed by atoms with E-state index in [4.69, 9.17) is 11.6 Å². The summed E-state index contributed by atoms with van der Waals surface area (Å²) in [5, 5.41) is 0.636. The smallest absolute Gasteiger partial charge is 0.387 e. The van der Waals surface area contributed by atoms with Crippen LogP contribution in [0.1, 0.15) is 5.69 Å². The average molecular weight is 354 g/mol. The van der Waals surface area contributed by atoms with Crippen molar-refractivity contribution < 1.29 is 32.7 Å². The van der Waals surface area contributed by atoms with Gasteiger partial charge in [0.2, 0.25) is 0 Å². The number of aromatic nitrogens is 1. The van der Waals surface area contributed by atoms with Crippen molar-refractivity contribution in [3.63, 3.8) is 0 Å². The Morgan fingerprint density at radius 2 is 2.00 bits per heavy atom. The van der Waals surface area contributed by atoms with Gasteiger partial charge in [0.25, 0.3) is 0 Å². The molecule has 0 amide bonds. The molecule has 0 saturated heterocycles. The number of rotatable bonds is 1. The Kier molecular flexibility index (Phi) is 7.08. The van der Waals surface area contributed by atoms with E-state index in [0.29, 0.717) is 5.03 Å². The first-order chi connectivity index (χ1) is 9.16. The fourth-order valence-electron chi connectivity index (χ4n) is 1.50. The molecule has 1 heterocycles. The molecule has 2 aliphatic carbocycles. The number of hydrogen-bond acceptors (Lipinski definition) is 1. The van der Waals surface area contributed by atoms with Gasteiger partial charge in [-0.15, -0.1) is 47.0 Å². The number of nitrogens with zero attached hydrogens (tertiary/aromatic N) is 1. The minimum Gasteiger partial charge on any atom is -0.387 e. The molecule has 3 heteroatoms. The van der Waals surface area contributed by atoms with Crippen molar-refractivity contribution in [1.82, 2.24) is 4.98 Å². The van der Waals surface area contributed by atoms with Crippen molar-refractivity contribution in [2.75, 3.05) is 0 Å². The van der Waals surface area contributed by atoms with Crippen LogP contribution in [0.2, 0.25) is 0 Å². The van der Waals surface area contributed by atoms with Crippen LogP contribution in [0, 0.1) is 18.3 Å². The molecule has 0 saturated carbocycles. The Labute approximate surface area is 150 Å². The molecule has 0 aromatic carbocycles. The first-order valence-electron chi connectivity index (χ1n) is 5.66. The van der Waals surface area contributed by atoms with Gasteiger partial charge in [-0.25, -0.2) is 0 Å². The van der Waals surface area contributed by atoms with Gasteiger partial charge in [-0.2, -0.15) is 49.1 Å². The summed E-state index contributed by atoms with van der Waals surface area (Å²) in [6.45, 7) is 7.37. The van der Waals surface area contributed by atoms with E-state index in [-0.39, 0.29) is 32.7 Å². The quantitative estimate of drug-likeness (QED) is 0.689.